The van der Waals surface area contributed by atoms with Gasteiger partial charge in [0.25, 0.3) is 5.56 Å². The summed E-state index contributed by atoms with van der Waals surface area (Å²) >= 11 is 5.75. The van der Waals surface area contributed by atoms with Crippen LogP contribution in [0.1, 0.15) is 12.8 Å². The zero-order valence-corrected chi connectivity index (χ0v) is 14.9. The molecule has 26 heavy (non-hydrogen) atoms. The molecule has 2 amide bonds. The van der Waals surface area contributed by atoms with Crippen LogP contribution in [0.2, 0.25) is 5.02 Å². The Hall–Kier alpha value is -2.61. The second-order valence-electron chi connectivity index (χ2n) is 5.97. The number of aromatic nitrogens is 2. The Morgan fingerprint density at radius 1 is 1.31 bits per heavy atom. The van der Waals surface area contributed by atoms with Gasteiger partial charge in [-0.1, -0.05) is 17.7 Å². The van der Waals surface area contributed by atoms with Crippen LogP contribution in [-0.2, 0) is 7.05 Å². The lowest BCUT2D eigenvalue weighted by Gasteiger charge is -2.32. The maximum atomic E-state index is 13.9. The quantitative estimate of drug-likeness (QED) is 0.888. The number of carbonyl (C=O) groups excluding carboxylic acids is 1. The maximum Gasteiger partial charge on any atom is 0.323 e. The van der Waals surface area contributed by atoms with Gasteiger partial charge in [0.2, 0.25) is 0 Å². The Labute approximate surface area is 154 Å². The summed E-state index contributed by atoms with van der Waals surface area (Å²) in [5.41, 5.74) is -0.255. The average Bonchev–Trinajstić information content (AvgIpc) is 2.63. The predicted molar refractivity (Wildman–Crippen MR) is 95.1 cm³/mol. The van der Waals surface area contributed by atoms with E-state index >= 15 is 0 Å². The minimum atomic E-state index is -0.574. The van der Waals surface area contributed by atoms with Crippen LogP contribution in [0.5, 0.6) is 5.75 Å². The number of carbonyl (C=O) groups is 1. The molecule has 0 radical (unpaired) electrons. The number of ether oxygens (including phenoxy) is 1. The van der Waals surface area contributed by atoms with Crippen molar-refractivity contribution in [2.24, 2.45) is 7.05 Å². The van der Waals surface area contributed by atoms with E-state index < -0.39 is 5.82 Å². The van der Waals surface area contributed by atoms with Gasteiger partial charge in [-0.3, -0.25) is 10.1 Å². The van der Waals surface area contributed by atoms with Crippen molar-refractivity contribution in [3.8, 4) is 5.75 Å². The Kier molecular flexibility index (Phi) is 5.41. The van der Waals surface area contributed by atoms with Crippen LogP contribution in [0.4, 0.5) is 15.0 Å². The molecular formula is C17H18ClFN4O3. The van der Waals surface area contributed by atoms with E-state index in [0.29, 0.717) is 31.7 Å². The fraction of sp³-hybridized carbons (Fsp3) is 0.353. The monoisotopic (exact) mass is 380 g/mol. The van der Waals surface area contributed by atoms with E-state index in [1.807, 2.05) is 0 Å². The van der Waals surface area contributed by atoms with Crippen molar-refractivity contribution >= 4 is 23.4 Å². The first kappa shape index (κ1) is 18.2. The molecule has 2 aromatic rings. The first-order chi connectivity index (χ1) is 12.4. The summed E-state index contributed by atoms with van der Waals surface area (Å²) in [6.07, 6.45) is 0.947. The maximum absolute atomic E-state index is 13.9. The molecule has 1 aromatic carbocycles. The molecule has 0 saturated carbocycles. The van der Waals surface area contributed by atoms with Gasteiger partial charge in [-0.25, -0.2) is 13.9 Å². The molecule has 1 N–H and O–H groups in total. The van der Waals surface area contributed by atoms with Crippen LogP contribution in [0.15, 0.2) is 35.1 Å². The van der Waals surface area contributed by atoms with Crippen molar-refractivity contribution in [2.75, 3.05) is 18.4 Å². The molecule has 138 valence electrons. The average molecular weight is 381 g/mol. The number of hydrogen-bond acceptors (Lipinski definition) is 4. The summed E-state index contributed by atoms with van der Waals surface area (Å²) in [5.74, 6) is -0.152. The smallest absolute Gasteiger partial charge is 0.323 e. The summed E-state index contributed by atoms with van der Waals surface area (Å²) in [4.78, 5) is 25.2. The van der Waals surface area contributed by atoms with E-state index in [0.717, 1.165) is 4.68 Å². The molecule has 2 heterocycles. The third-order valence-corrected chi connectivity index (χ3v) is 4.43. The topological polar surface area (TPSA) is 76.5 Å². The number of halogens is 2. The van der Waals surface area contributed by atoms with E-state index in [9.17, 15) is 14.0 Å². The molecule has 1 aromatic heterocycles. The first-order valence-corrected chi connectivity index (χ1v) is 8.53. The van der Waals surface area contributed by atoms with Gasteiger partial charge in [-0.05, 0) is 18.2 Å². The highest BCUT2D eigenvalue weighted by molar-refractivity contribution is 6.30. The summed E-state index contributed by atoms with van der Waals surface area (Å²) in [6.45, 7) is 0.925. The summed E-state index contributed by atoms with van der Waals surface area (Å²) < 4.78 is 20.7. The minimum absolute atomic E-state index is 0.0177. The van der Waals surface area contributed by atoms with Crippen LogP contribution in [0.25, 0.3) is 0 Å². The molecule has 0 unspecified atom stereocenters. The van der Waals surface area contributed by atoms with Gasteiger partial charge < -0.3 is 9.64 Å². The molecule has 1 aliphatic heterocycles. The van der Waals surface area contributed by atoms with Crippen LogP contribution < -0.4 is 15.6 Å². The third-order valence-electron chi connectivity index (χ3n) is 4.13. The Morgan fingerprint density at radius 3 is 2.73 bits per heavy atom. The van der Waals surface area contributed by atoms with Gasteiger partial charge in [0.05, 0.1) is 5.02 Å². The number of benzene rings is 1. The largest absolute Gasteiger partial charge is 0.487 e. The van der Waals surface area contributed by atoms with Gasteiger partial charge in [0.1, 0.15) is 6.10 Å². The molecule has 1 aliphatic rings. The number of amides is 2. The van der Waals surface area contributed by atoms with Gasteiger partial charge in [0, 0.05) is 39.0 Å². The number of nitrogens with one attached hydrogen (secondary N) is 1. The molecule has 9 heteroatoms. The predicted octanol–water partition coefficient (Wildman–Crippen LogP) is 2.65. The molecular weight excluding hydrogens is 363 g/mol. The number of aryl methyl sites for hydroxylation is 1. The van der Waals surface area contributed by atoms with Gasteiger partial charge in [0.15, 0.2) is 17.4 Å². The van der Waals surface area contributed by atoms with Gasteiger partial charge >= 0.3 is 6.03 Å². The Balaban J connectivity index is 1.54. The lowest BCUT2D eigenvalue weighted by molar-refractivity contribution is 0.112. The van der Waals surface area contributed by atoms with E-state index in [1.165, 1.54) is 31.3 Å². The van der Waals surface area contributed by atoms with Crippen LogP contribution >= 0.6 is 11.6 Å². The van der Waals surface area contributed by atoms with Crippen LogP contribution in [0, 0.1) is 5.82 Å². The number of nitrogens with zero attached hydrogens (tertiary/aromatic N) is 3. The lowest BCUT2D eigenvalue weighted by Crippen LogP contribution is -2.44. The van der Waals surface area contributed by atoms with Crippen LogP contribution in [-0.4, -0.2) is 39.9 Å². The molecule has 1 saturated heterocycles. The van der Waals surface area contributed by atoms with E-state index in [1.54, 1.807) is 11.0 Å². The molecule has 0 aliphatic carbocycles. The normalized spacial score (nSPS) is 15.0. The van der Waals surface area contributed by atoms with Crippen molar-refractivity contribution < 1.29 is 13.9 Å². The number of piperidine rings is 1. The number of likely N-dealkylation sites (tertiary alicyclic amines) is 1. The fourth-order valence-electron chi connectivity index (χ4n) is 2.69. The van der Waals surface area contributed by atoms with E-state index in [2.05, 4.69) is 10.4 Å². The Bertz CT molecular complexity index is 865. The standard InChI is InChI=1S/C17H18ClFN4O3/c1-22-15(24)6-5-14(21-22)20-17(25)23-9-7-11(8-10-23)26-13-4-2-3-12(18)16(13)19/h2-6,11H,7-10H2,1H3,(H,20,21,25). The highest BCUT2D eigenvalue weighted by atomic mass is 35.5. The van der Waals surface area contributed by atoms with Crippen molar-refractivity contribution in [1.82, 2.24) is 14.7 Å². The zero-order chi connectivity index (χ0) is 18.7. The number of rotatable bonds is 3. The van der Waals surface area contributed by atoms with Crippen molar-refractivity contribution in [3.05, 3.63) is 51.5 Å². The molecule has 0 bridgehead atoms. The fourth-order valence-corrected chi connectivity index (χ4v) is 2.85. The molecule has 0 spiro atoms. The highest BCUT2D eigenvalue weighted by Crippen LogP contribution is 2.27. The number of anilines is 1. The first-order valence-electron chi connectivity index (χ1n) is 8.15. The Morgan fingerprint density at radius 2 is 2.04 bits per heavy atom. The summed E-state index contributed by atoms with van der Waals surface area (Å²) in [6, 6.07) is 7.11. The molecule has 1 fully saturated rings. The highest BCUT2D eigenvalue weighted by Gasteiger charge is 2.25. The van der Waals surface area contributed by atoms with Crippen molar-refractivity contribution in [2.45, 2.75) is 18.9 Å². The van der Waals surface area contributed by atoms with Gasteiger partial charge in [-0.15, -0.1) is 0 Å². The van der Waals surface area contributed by atoms with Crippen molar-refractivity contribution in [3.63, 3.8) is 0 Å². The van der Waals surface area contributed by atoms with Gasteiger partial charge in [-0.2, -0.15) is 5.10 Å². The molecule has 3 rings (SSSR count). The summed E-state index contributed by atoms with van der Waals surface area (Å²) in [7, 11) is 1.51. The SMILES string of the molecule is Cn1nc(NC(=O)N2CCC(Oc3cccc(Cl)c3F)CC2)ccc1=O. The second kappa shape index (κ2) is 7.74. The number of hydrogen-bond donors (Lipinski definition) is 1. The van der Waals surface area contributed by atoms with E-state index in [4.69, 9.17) is 16.3 Å². The number of urea groups is 1. The van der Waals surface area contributed by atoms with Crippen LogP contribution in [0.3, 0.4) is 0 Å². The second-order valence-corrected chi connectivity index (χ2v) is 6.37. The summed E-state index contributed by atoms with van der Waals surface area (Å²) in [5, 5.41) is 6.64. The minimum Gasteiger partial charge on any atom is -0.487 e. The van der Waals surface area contributed by atoms with Crippen molar-refractivity contribution in [1.29, 1.82) is 0 Å². The van der Waals surface area contributed by atoms with E-state index in [-0.39, 0.29) is 28.5 Å². The third kappa shape index (κ3) is 4.13. The zero-order valence-electron chi connectivity index (χ0n) is 14.1. The lowest BCUT2D eigenvalue weighted by atomic mass is 10.1. The molecule has 7 nitrogen and oxygen atoms in total. The molecule has 0 atom stereocenters.